The van der Waals surface area contributed by atoms with Gasteiger partial charge in [-0.05, 0) is 50.8 Å². The number of thioether (sulfide) groups is 1. The molecule has 1 aliphatic rings. The number of nitrogens with zero attached hydrogens (tertiary/aromatic N) is 1. The van der Waals surface area contributed by atoms with Crippen LogP contribution >= 0.6 is 11.8 Å². The maximum Gasteiger partial charge on any atom is 0.313 e. The first kappa shape index (κ1) is 19.7. The third-order valence-electron chi connectivity index (χ3n) is 4.66. The van der Waals surface area contributed by atoms with Crippen molar-refractivity contribution in [2.24, 2.45) is 0 Å². The monoisotopic (exact) mass is 393 g/mol. The van der Waals surface area contributed by atoms with Crippen molar-refractivity contribution in [3.05, 3.63) is 47.1 Å². The number of aryl methyl sites for hydroxylation is 1. The minimum Gasteiger partial charge on any atom is -0.481 e. The van der Waals surface area contributed by atoms with Crippen molar-refractivity contribution in [2.45, 2.75) is 51.1 Å². The number of aromatic nitrogens is 1. The molecule has 146 valence electrons. The second-order valence-electron chi connectivity index (χ2n) is 6.80. The minimum absolute atomic E-state index is 0.0918. The molecule has 0 radical (unpaired) electrons. The van der Waals surface area contributed by atoms with Crippen LogP contribution in [0.15, 0.2) is 27.0 Å². The van der Waals surface area contributed by atoms with E-state index in [1.807, 2.05) is 31.2 Å². The summed E-state index contributed by atoms with van der Waals surface area (Å²) in [6, 6.07) is 3.79. The Hall–Kier alpha value is -2.02. The van der Waals surface area contributed by atoms with Crippen LogP contribution in [0.4, 0.5) is 4.39 Å². The largest absolute Gasteiger partial charge is 0.481 e. The van der Waals surface area contributed by atoms with Gasteiger partial charge in [-0.2, -0.15) is 0 Å². The Morgan fingerprint density at radius 3 is 2.85 bits per heavy atom. The van der Waals surface area contributed by atoms with E-state index in [1.165, 1.54) is 11.8 Å². The number of hydrogen-bond donors (Lipinski definition) is 1. The highest BCUT2D eigenvalue weighted by Gasteiger charge is 2.26. The summed E-state index contributed by atoms with van der Waals surface area (Å²) in [5.74, 6) is 3.13. The number of carboxylic acid groups (broad SMARTS) is 1. The first-order valence-corrected chi connectivity index (χ1v) is 10.3. The number of halogens is 1. The van der Waals surface area contributed by atoms with Gasteiger partial charge in [0.15, 0.2) is 5.89 Å². The third kappa shape index (κ3) is 5.73. The lowest BCUT2D eigenvalue weighted by Crippen LogP contribution is -2.13. The molecule has 0 bridgehead atoms. The second kappa shape index (κ2) is 9.26. The lowest BCUT2D eigenvalue weighted by Gasteiger charge is -2.21. The molecule has 2 aromatic heterocycles. The van der Waals surface area contributed by atoms with Crippen molar-refractivity contribution in [1.29, 1.82) is 0 Å². The molecule has 1 aliphatic carbocycles. The summed E-state index contributed by atoms with van der Waals surface area (Å²) in [6.45, 7) is 1.90. The fraction of sp³-hybridized carbons (Fsp3) is 0.500. The number of rotatable bonds is 8. The van der Waals surface area contributed by atoms with Crippen LogP contribution < -0.4 is 0 Å². The molecule has 2 aromatic rings. The summed E-state index contributed by atoms with van der Waals surface area (Å²) < 4.78 is 25.0. The van der Waals surface area contributed by atoms with Crippen molar-refractivity contribution >= 4 is 23.8 Å². The van der Waals surface area contributed by atoms with Crippen LogP contribution in [0.25, 0.3) is 6.08 Å². The highest BCUT2D eigenvalue weighted by atomic mass is 32.2. The van der Waals surface area contributed by atoms with E-state index in [0.717, 1.165) is 41.7 Å². The van der Waals surface area contributed by atoms with Crippen LogP contribution in [0, 0.1) is 6.92 Å². The average Bonchev–Trinajstić information content (AvgIpc) is 3.22. The maximum atomic E-state index is 13.3. The molecule has 27 heavy (non-hydrogen) atoms. The summed E-state index contributed by atoms with van der Waals surface area (Å²) in [5.41, 5.74) is 0.856. The number of oxazole rings is 1. The summed E-state index contributed by atoms with van der Waals surface area (Å²) >= 11 is 1.33. The van der Waals surface area contributed by atoms with E-state index in [-0.39, 0.29) is 11.7 Å². The van der Waals surface area contributed by atoms with Crippen molar-refractivity contribution in [1.82, 2.24) is 4.98 Å². The molecule has 7 heteroatoms. The quantitative estimate of drug-likeness (QED) is 0.637. The van der Waals surface area contributed by atoms with E-state index in [9.17, 15) is 9.18 Å². The van der Waals surface area contributed by atoms with Gasteiger partial charge < -0.3 is 13.9 Å². The molecular weight excluding hydrogens is 369 g/mol. The summed E-state index contributed by atoms with van der Waals surface area (Å²) in [4.78, 5) is 15.1. The second-order valence-corrected chi connectivity index (χ2v) is 7.83. The zero-order valence-electron chi connectivity index (χ0n) is 15.3. The van der Waals surface area contributed by atoms with Gasteiger partial charge in [0, 0.05) is 11.7 Å². The topological polar surface area (TPSA) is 76.5 Å². The predicted molar refractivity (Wildman–Crippen MR) is 103 cm³/mol. The standard InChI is InChI=1S/C20H24FNO4S/c1-13-18(22-20(25-13)14-4-6-15(21)7-5-14)11-17-9-8-16(26-17)3-2-10-27-12-19(23)24/h2-3,8-9,14-15H,4-7,10-12H2,1H3,(H,23,24)/b3-2+. The molecule has 3 rings (SSSR count). The first-order chi connectivity index (χ1) is 13.0. The Labute approximate surface area is 162 Å². The van der Waals surface area contributed by atoms with Gasteiger partial charge in [0.05, 0.1) is 17.9 Å². The van der Waals surface area contributed by atoms with Gasteiger partial charge in [-0.1, -0.05) is 6.08 Å². The van der Waals surface area contributed by atoms with E-state index in [1.54, 1.807) is 0 Å². The predicted octanol–water partition coefficient (Wildman–Crippen LogP) is 4.99. The fourth-order valence-corrected chi connectivity index (χ4v) is 3.74. The molecule has 0 amide bonds. The van der Waals surface area contributed by atoms with Crippen LogP contribution in [0.1, 0.15) is 60.5 Å². The van der Waals surface area contributed by atoms with Gasteiger partial charge in [-0.15, -0.1) is 11.8 Å². The highest BCUT2D eigenvalue weighted by molar-refractivity contribution is 8.00. The van der Waals surface area contributed by atoms with Gasteiger partial charge in [0.25, 0.3) is 0 Å². The van der Waals surface area contributed by atoms with Crippen LogP contribution in [0.2, 0.25) is 0 Å². The SMILES string of the molecule is Cc1oc(C2CCC(F)CC2)nc1Cc1ccc(/C=C/CSCC(=O)O)o1. The van der Waals surface area contributed by atoms with Crippen molar-refractivity contribution in [3.8, 4) is 0 Å². The van der Waals surface area contributed by atoms with E-state index in [0.29, 0.717) is 25.0 Å². The van der Waals surface area contributed by atoms with Crippen LogP contribution in [-0.4, -0.2) is 33.7 Å². The number of alkyl halides is 1. The fourth-order valence-electron chi connectivity index (χ4n) is 3.21. The molecule has 0 unspecified atom stereocenters. The van der Waals surface area contributed by atoms with Gasteiger partial charge in [0.1, 0.15) is 23.5 Å². The molecule has 0 saturated heterocycles. The molecule has 1 N–H and O–H groups in total. The molecule has 1 fully saturated rings. The average molecular weight is 393 g/mol. The van der Waals surface area contributed by atoms with Gasteiger partial charge in [-0.25, -0.2) is 9.37 Å². The van der Waals surface area contributed by atoms with Crippen molar-refractivity contribution in [2.75, 3.05) is 11.5 Å². The highest BCUT2D eigenvalue weighted by Crippen LogP contribution is 2.34. The molecular formula is C20H24FNO4S. The number of furan rings is 1. The number of hydrogen-bond acceptors (Lipinski definition) is 5. The Morgan fingerprint density at radius 2 is 2.11 bits per heavy atom. The molecule has 0 aromatic carbocycles. The zero-order valence-corrected chi connectivity index (χ0v) is 16.1. The zero-order chi connectivity index (χ0) is 19.2. The van der Waals surface area contributed by atoms with Gasteiger partial charge >= 0.3 is 5.97 Å². The van der Waals surface area contributed by atoms with Crippen molar-refractivity contribution in [3.63, 3.8) is 0 Å². The molecule has 0 aliphatic heterocycles. The van der Waals surface area contributed by atoms with Gasteiger partial charge in [-0.3, -0.25) is 4.79 Å². The lowest BCUT2D eigenvalue weighted by atomic mass is 9.88. The van der Waals surface area contributed by atoms with E-state index >= 15 is 0 Å². The number of carbonyl (C=O) groups is 1. The van der Waals surface area contributed by atoms with Crippen LogP contribution in [-0.2, 0) is 11.2 Å². The first-order valence-electron chi connectivity index (χ1n) is 9.16. The molecule has 2 heterocycles. The molecule has 0 spiro atoms. The summed E-state index contributed by atoms with van der Waals surface area (Å²) in [7, 11) is 0. The normalized spacial score (nSPS) is 20.4. The molecule has 1 saturated carbocycles. The van der Waals surface area contributed by atoms with E-state index in [4.69, 9.17) is 13.9 Å². The molecule has 0 atom stereocenters. The Bertz CT molecular complexity index is 790. The lowest BCUT2D eigenvalue weighted by molar-refractivity contribution is -0.133. The van der Waals surface area contributed by atoms with Crippen LogP contribution in [0.5, 0.6) is 0 Å². The van der Waals surface area contributed by atoms with E-state index in [2.05, 4.69) is 4.98 Å². The molecule has 5 nitrogen and oxygen atoms in total. The number of carboxylic acids is 1. The summed E-state index contributed by atoms with van der Waals surface area (Å²) in [5, 5.41) is 8.60. The summed E-state index contributed by atoms with van der Waals surface area (Å²) in [6.07, 6.45) is 6.34. The Balaban J connectivity index is 1.55. The number of aliphatic carboxylic acids is 1. The van der Waals surface area contributed by atoms with E-state index < -0.39 is 12.1 Å². The van der Waals surface area contributed by atoms with Crippen molar-refractivity contribution < 1.29 is 23.1 Å². The smallest absolute Gasteiger partial charge is 0.313 e. The van der Waals surface area contributed by atoms with Crippen LogP contribution in [0.3, 0.4) is 0 Å². The Kier molecular flexibility index (Phi) is 6.77. The third-order valence-corrected chi connectivity index (χ3v) is 5.54. The van der Waals surface area contributed by atoms with Gasteiger partial charge in [0.2, 0.25) is 0 Å². The minimum atomic E-state index is -0.811. The Morgan fingerprint density at radius 1 is 1.33 bits per heavy atom. The maximum absolute atomic E-state index is 13.3.